The standard InChI is InChI=1S/C11H19N3O4S2/c1-3-12-11-9-10(5-6-13-11)20(17,18)14-7-8-19(15,16)4-2/h5-6,9,14H,3-4,7-8H2,1-2H3,(H,12,13). The van der Waals surface area contributed by atoms with E-state index in [1.807, 2.05) is 6.92 Å². The lowest BCUT2D eigenvalue weighted by atomic mass is 10.4. The fourth-order valence-corrected chi connectivity index (χ4v) is 3.29. The average molecular weight is 321 g/mol. The van der Waals surface area contributed by atoms with Crippen LogP contribution in [0.2, 0.25) is 0 Å². The zero-order valence-electron chi connectivity index (χ0n) is 11.5. The Morgan fingerprint density at radius 3 is 2.50 bits per heavy atom. The summed E-state index contributed by atoms with van der Waals surface area (Å²) in [4.78, 5) is 4.03. The van der Waals surface area contributed by atoms with E-state index in [1.165, 1.54) is 25.3 Å². The van der Waals surface area contributed by atoms with Gasteiger partial charge >= 0.3 is 0 Å². The van der Waals surface area contributed by atoms with Crippen LogP contribution in [0.1, 0.15) is 13.8 Å². The number of pyridine rings is 1. The first-order chi connectivity index (χ1) is 9.30. The Bertz CT molecular complexity index is 641. The molecule has 0 atom stereocenters. The van der Waals surface area contributed by atoms with Gasteiger partial charge < -0.3 is 5.32 Å². The lowest BCUT2D eigenvalue weighted by Gasteiger charge is -2.08. The fourth-order valence-electron chi connectivity index (χ4n) is 1.42. The summed E-state index contributed by atoms with van der Waals surface area (Å²) < 4.78 is 48.9. The van der Waals surface area contributed by atoms with Crippen LogP contribution in [0.15, 0.2) is 23.2 Å². The molecular formula is C11H19N3O4S2. The van der Waals surface area contributed by atoms with Gasteiger partial charge in [-0.25, -0.2) is 26.5 Å². The van der Waals surface area contributed by atoms with Gasteiger partial charge in [0.05, 0.1) is 10.6 Å². The van der Waals surface area contributed by atoms with Gasteiger partial charge in [-0.3, -0.25) is 0 Å². The molecule has 0 aliphatic rings. The molecule has 7 nitrogen and oxygen atoms in total. The molecule has 114 valence electrons. The van der Waals surface area contributed by atoms with Crippen LogP contribution < -0.4 is 10.0 Å². The Hall–Kier alpha value is -1.19. The zero-order chi connectivity index (χ0) is 15.2. The number of sulfonamides is 1. The Balaban J connectivity index is 2.76. The van der Waals surface area contributed by atoms with Gasteiger partial charge in [0.25, 0.3) is 0 Å². The number of anilines is 1. The molecule has 0 spiro atoms. The maximum Gasteiger partial charge on any atom is 0.240 e. The summed E-state index contributed by atoms with van der Waals surface area (Å²) in [5, 5.41) is 2.91. The molecule has 1 aromatic rings. The topological polar surface area (TPSA) is 105 Å². The van der Waals surface area contributed by atoms with E-state index in [2.05, 4.69) is 15.0 Å². The summed E-state index contributed by atoms with van der Waals surface area (Å²) in [6.07, 6.45) is 1.38. The molecule has 0 amide bonds. The summed E-state index contributed by atoms with van der Waals surface area (Å²) in [5.74, 6) is 0.235. The van der Waals surface area contributed by atoms with Gasteiger partial charge in [0.1, 0.15) is 5.82 Å². The third-order valence-corrected chi connectivity index (χ3v) is 5.71. The van der Waals surface area contributed by atoms with E-state index in [1.54, 1.807) is 0 Å². The molecule has 1 rings (SSSR count). The molecule has 0 aromatic carbocycles. The molecule has 0 aliphatic carbocycles. The molecule has 0 radical (unpaired) electrons. The van der Waals surface area contributed by atoms with Crippen molar-refractivity contribution in [1.29, 1.82) is 0 Å². The molecule has 9 heteroatoms. The first-order valence-corrected chi connectivity index (χ1v) is 9.51. The summed E-state index contributed by atoms with van der Waals surface area (Å²) in [5.41, 5.74) is 0. The quantitative estimate of drug-likeness (QED) is 0.710. The predicted octanol–water partition coefficient (Wildman–Crippen LogP) is 0.226. The number of sulfone groups is 1. The summed E-state index contributed by atoms with van der Waals surface area (Å²) in [6, 6.07) is 2.76. The van der Waals surface area contributed by atoms with Gasteiger partial charge in [-0.05, 0) is 13.0 Å². The second-order valence-corrected chi connectivity index (χ2v) is 8.28. The van der Waals surface area contributed by atoms with Crippen LogP contribution in [-0.2, 0) is 19.9 Å². The highest BCUT2D eigenvalue weighted by Crippen LogP contribution is 2.12. The summed E-state index contributed by atoms with van der Waals surface area (Å²) in [6.45, 7) is 3.88. The van der Waals surface area contributed by atoms with Gasteiger partial charge in [-0.1, -0.05) is 6.92 Å². The molecule has 0 fully saturated rings. The molecule has 1 heterocycles. The van der Waals surface area contributed by atoms with Crippen LogP contribution in [0.5, 0.6) is 0 Å². The number of aromatic nitrogens is 1. The van der Waals surface area contributed by atoms with Crippen LogP contribution in [-0.4, -0.2) is 46.4 Å². The lowest BCUT2D eigenvalue weighted by molar-refractivity contribution is 0.581. The van der Waals surface area contributed by atoms with Crippen LogP contribution in [0.25, 0.3) is 0 Å². The molecule has 0 bridgehead atoms. The maximum absolute atomic E-state index is 12.0. The summed E-state index contributed by atoms with van der Waals surface area (Å²) >= 11 is 0. The van der Waals surface area contributed by atoms with Crippen molar-refractivity contribution in [3.63, 3.8) is 0 Å². The van der Waals surface area contributed by atoms with Crippen molar-refractivity contribution in [2.75, 3.05) is 29.9 Å². The largest absolute Gasteiger partial charge is 0.370 e. The van der Waals surface area contributed by atoms with E-state index in [9.17, 15) is 16.8 Å². The Kier molecular flexibility index (Phi) is 5.90. The van der Waals surface area contributed by atoms with Crippen LogP contribution in [0.3, 0.4) is 0 Å². The molecule has 20 heavy (non-hydrogen) atoms. The fraction of sp³-hybridized carbons (Fsp3) is 0.545. The molecular weight excluding hydrogens is 302 g/mol. The van der Waals surface area contributed by atoms with Gasteiger partial charge in [-0.15, -0.1) is 0 Å². The monoisotopic (exact) mass is 321 g/mol. The highest BCUT2D eigenvalue weighted by atomic mass is 32.2. The minimum Gasteiger partial charge on any atom is -0.370 e. The SMILES string of the molecule is CCNc1cc(S(=O)(=O)NCCS(=O)(=O)CC)ccn1. The van der Waals surface area contributed by atoms with Crippen molar-refractivity contribution >= 4 is 25.7 Å². The Morgan fingerprint density at radius 1 is 1.20 bits per heavy atom. The predicted molar refractivity (Wildman–Crippen MR) is 77.9 cm³/mol. The Morgan fingerprint density at radius 2 is 1.90 bits per heavy atom. The normalized spacial score (nSPS) is 12.3. The van der Waals surface area contributed by atoms with E-state index < -0.39 is 19.9 Å². The molecule has 0 aliphatic heterocycles. The zero-order valence-corrected chi connectivity index (χ0v) is 13.1. The van der Waals surface area contributed by atoms with Crippen molar-refractivity contribution in [1.82, 2.24) is 9.71 Å². The maximum atomic E-state index is 12.0. The molecule has 0 unspecified atom stereocenters. The van der Waals surface area contributed by atoms with Gasteiger partial charge in [-0.2, -0.15) is 0 Å². The van der Waals surface area contributed by atoms with Crippen molar-refractivity contribution in [2.24, 2.45) is 0 Å². The van der Waals surface area contributed by atoms with Gasteiger partial charge in [0.2, 0.25) is 10.0 Å². The second kappa shape index (κ2) is 7.00. The van der Waals surface area contributed by atoms with Crippen molar-refractivity contribution in [3.8, 4) is 0 Å². The first kappa shape index (κ1) is 16.9. The molecule has 1 aromatic heterocycles. The third kappa shape index (κ3) is 5.06. The van der Waals surface area contributed by atoms with E-state index in [0.717, 1.165) is 0 Å². The second-order valence-electron chi connectivity index (χ2n) is 4.04. The van der Waals surface area contributed by atoms with E-state index in [4.69, 9.17) is 0 Å². The van der Waals surface area contributed by atoms with Crippen molar-refractivity contribution < 1.29 is 16.8 Å². The van der Waals surface area contributed by atoms with Crippen molar-refractivity contribution in [2.45, 2.75) is 18.7 Å². The number of hydrogen-bond acceptors (Lipinski definition) is 6. The molecule has 2 N–H and O–H groups in total. The minimum absolute atomic E-state index is 0.00540. The van der Waals surface area contributed by atoms with E-state index >= 15 is 0 Å². The number of nitrogens with one attached hydrogen (secondary N) is 2. The van der Waals surface area contributed by atoms with Crippen LogP contribution in [0, 0.1) is 0 Å². The van der Waals surface area contributed by atoms with Crippen LogP contribution in [0.4, 0.5) is 5.82 Å². The lowest BCUT2D eigenvalue weighted by Crippen LogP contribution is -2.29. The molecule has 0 saturated heterocycles. The number of hydrogen-bond donors (Lipinski definition) is 2. The van der Waals surface area contributed by atoms with Gasteiger partial charge in [0, 0.05) is 31.1 Å². The van der Waals surface area contributed by atoms with E-state index in [-0.39, 0.29) is 22.9 Å². The minimum atomic E-state index is -3.73. The first-order valence-electron chi connectivity index (χ1n) is 6.20. The van der Waals surface area contributed by atoms with Crippen molar-refractivity contribution in [3.05, 3.63) is 18.3 Å². The summed E-state index contributed by atoms with van der Waals surface area (Å²) in [7, 11) is -6.92. The van der Waals surface area contributed by atoms with E-state index in [0.29, 0.717) is 12.4 Å². The highest BCUT2D eigenvalue weighted by Gasteiger charge is 2.16. The van der Waals surface area contributed by atoms with Gasteiger partial charge in [0.15, 0.2) is 9.84 Å². The Labute approximate surface area is 119 Å². The third-order valence-electron chi connectivity index (χ3n) is 2.54. The highest BCUT2D eigenvalue weighted by molar-refractivity contribution is 7.91. The smallest absolute Gasteiger partial charge is 0.240 e. The number of rotatable bonds is 8. The average Bonchev–Trinajstić information content (AvgIpc) is 2.39. The van der Waals surface area contributed by atoms with Crippen LogP contribution >= 0.6 is 0 Å². The number of nitrogens with zero attached hydrogens (tertiary/aromatic N) is 1. The molecule has 0 saturated carbocycles.